The molecule has 2 aromatic carbocycles. The molecule has 0 saturated heterocycles. The third kappa shape index (κ3) is 6.60. The van der Waals surface area contributed by atoms with Crippen LogP contribution in [-0.4, -0.2) is 37.6 Å². The summed E-state index contributed by atoms with van der Waals surface area (Å²) in [7, 11) is 4.01. The zero-order valence-corrected chi connectivity index (χ0v) is 14.9. The van der Waals surface area contributed by atoms with Crippen molar-refractivity contribution in [2.24, 2.45) is 0 Å². The Labute approximate surface area is 148 Å². The Bertz CT molecular complexity index is 629. The number of hydrogen-bond donors (Lipinski definition) is 2. The van der Waals surface area contributed by atoms with Crippen LogP contribution in [-0.2, 0) is 13.0 Å². The van der Waals surface area contributed by atoms with E-state index in [2.05, 4.69) is 27.7 Å². The average molecular weight is 346 g/mol. The fourth-order valence-corrected chi connectivity index (χ4v) is 2.65. The highest BCUT2D eigenvalue weighted by Gasteiger charge is 2.14. The Morgan fingerprint density at radius 3 is 2.33 bits per heavy atom. The van der Waals surface area contributed by atoms with E-state index in [1.807, 2.05) is 56.6 Å². The van der Waals surface area contributed by atoms with Crippen LogP contribution in [0.2, 0.25) is 5.02 Å². The van der Waals surface area contributed by atoms with Crippen LogP contribution in [0.1, 0.15) is 11.1 Å². The topological polar surface area (TPSA) is 44.4 Å². The first kappa shape index (κ1) is 18.3. The summed E-state index contributed by atoms with van der Waals surface area (Å²) in [5, 5.41) is 6.65. The first-order valence-electron chi connectivity index (χ1n) is 8.00. The number of rotatable bonds is 7. The van der Waals surface area contributed by atoms with Crippen molar-refractivity contribution in [2.75, 3.05) is 20.6 Å². The van der Waals surface area contributed by atoms with E-state index in [9.17, 15) is 4.79 Å². The third-order valence-electron chi connectivity index (χ3n) is 3.61. The Hall–Kier alpha value is -2.04. The Morgan fingerprint density at radius 2 is 1.71 bits per heavy atom. The lowest BCUT2D eigenvalue weighted by atomic mass is 10.1. The minimum atomic E-state index is -0.160. The van der Waals surface area contributed by atoms with Gasteiger partial charge in [0.05, 0.1) is 0 Å². The lowest BCUT2D eigenvalue weighted by molar-refractivity contribution is 0.232. The molecule has 5 heteroatoms. The summed E-state index contributed by atoms with van der Waals surface area (Å²) in [6.07, 6.45) is 0.799. The molecule has 1 atom stereocenters. The summed E-state index contributed by atoms with van der Waals surface area (Å²) >= 11 is 5.86. The molecule has 4 nitrogen and oxygen atoms in total. The third-order valence-corrected chi connectivity index (χ3v) is 3.86. The monoisotopic (exact) mass is 345 g/mol. The molecule has 2 amide bonds. The number of nitrogens with one attached hydrogen (secondary N) is 2. The Balaban J connectivity index is 1.87. The molecule has 0 radical (unpaired) electrons. The van der Waals surface area contributed by atoms with Crippen molar-refractivity contribution in [3.63, 3.8) is 0 Å². The minimum absolute atomic E-state index is 0.0487. The van der Waals surface area contributed by atoms with Gasteiger partial charge in [-0.1, -0.05) is 54.1 Å². The van der Waals surface area contributed by atoms with Gasteiger partial charge in [0.15, 0.2) is 0 Å². The standard InChI is InChI=1S/C19H24ClN3O/c1-23(2)14-18(12-15-6-4-3-5-7-15)22-19(24)21-13-16-8-10-17(20)11-9-16/h3-11,18H,12-14H2,1-2H3,(H2,21,22,24). The summed E-state index contributed by atoms with van der Waals surface area (Å²) in [4.78, 5) is 14.3. The second-order valence-electron chi connectivity index (χ2n) is 6.10. The molecule has 0 aromatic heterocycles. The summed E-state index contributed by atoms with van der Waals surface area (Å²) in [5.41, 5.74) is 2.23. The van der Waals surface area contributed by atoms with Gasteiger partial charge < -0.3 is 15.5 Å². The molecule has 24 heavy (non-hydrogen) atoms. The van der Waals surface area contributed by atoms with Crippen LogP contribution in [0.5, 0.6) is 0 Å². The molecule has 2 rings (SSSR count). The largest absolute Gasteiger partial charge is 0.334 e. The molecule has 0 spiro atoms. The predicted molar refractivity (Wildman–Crippen MR) is 99.3 cm³/mol. The lowest BCUT2D eigenvalue weighted by Gasteiger charge is -2.22. The van der Waals surface area contributed by atoms with Gasteiger partial charge in [0, 0.05) is 24.2 Å². The normalized spacial score (nSPS) is 12.0. The van der Waals surface area contributed by atoms with Gasteiger partial charge in [-0.15, -0.1) is 0 Å². The molecule has 0 bridgehead atoms. The van der Waals surface area contributed by atoms with Crippen LogP contribution < -0.4 is 10.6 Å². The van der Waals surface area contributed by atoms with Gasteiger partial charge in [0.2, 0.25) is 0 Å². The van der Waals surface area contributed by atoms with E-state index >= 15 is 0 Å². The van der Waals surface area contributed by atoms with Crippen molar-refractivity contribution in [3.8, 4) is 0 Å². The van der Waals surface area contributed by atoms with Crippen LogP contribution in [0, 0.1) is 0 Å². The fourth-order valence-electron chi connectivity index (χ4n) is 2.52. The lowest BCUT2D eigenvalue weighted by Crippen LogP contribution is -2.47. The summed E-state index contributed by atoms with van der Waals surface area (Å²) in [6, 6.07) is 17.5. The number of amides is 2. The summed E-state index contributed by atoms with van der Waals surface area (Å²) < 4.78 is 0. The molecular weight excluding hydrogens is 322 g/mol. The zero-order valence-electron chi connectivity index (χ0n) is 14.1. The zero-order chi connectivity index (χ0) is 17.4. The van der Waals surface area contributed by atoms with Gasteiger partial charge >= 0.3 is 6.03 Å². The van der Waals surface area contributed by atoms with E-state index in [1.165, 1.54) is 5.56 Å². The van der Waals surface area contributed by atoms with Crippen LogP contribution in [0.4, 0.5) is 4.79 Å². The number of nitrogens with zero attached hydrogens (tertiary/aromatic N) is 1. The van der Waals surface area contributed by atoms with Crippen molar-refractivity contribution < 1.29 is 4.79 Å². The van der Waals surface area contributed by atoms with Gasteiger partial charge in [0.25, 0.3) is 0 Å². The number of carbonyl (C=O) groups excluding carboxylic acids is 1. The molecular formula is C19H24ClN3O. The van der Waals surface area contributed by atoms with Gasteiger partial charge in [-0.05, 0) is 43.8 Å². The molecule has 128 valence electrons. The van der Waals surface area contributed by atoms with E-state index < -0.39 is 0 Å². The summed E-state index contributed by atoms with van der Waals surface area (Å²) in [5.74, 6) is 0. The minimum Gasteiger partial charge on any atom is -0.334 e. The van der Waals surface area contributed by atoms with E-state index in [-0.39, 0.29) is 12.1 Å². The van der Waals surface area contributed by atoms with Crippen LogP contribution >= 0.6 is 11.6 Å². The number of hydrogen-bond acceptors (Lipinski definition) is 2. The second-order valence-corrected chi connectivity index (χ2v) is 6.54. The molecule has 0 aliphatic heterocycles. The average Bonchev–Trinajstić information content (AvgIpc) is 2.54. The van der Waals surface area contributed by atoms with Gasteiger partial charge in [-0.3, -0.25) is 0 Å². The van der Waals surface area contributed by atoms with Crippen molar-refractivity contribution in [1.29, 1.82) is 0 Å². The highest BCUT2D eigenvalue weighted by molar-refractivity contribution is 6.30. The van der Waals surface area contributed by atoms with Crippen molar-refractivity contribution in [2.45, 2.75) is 19.0 Å². The van der Waals surface area contributed by atoms with Crippen molar-refractivity contribution in [3.05, 3.63) is 70.7 Å². The van der Waals surface area contributed by atoms with Crippen molar-refractivity contribution in [1.82, 2.24) is 15.5 Å². The Kier molecular flexibility index (Phi) is 7.09. The summed E-state index contributed by atoms with van der Waals surface area (Å²) in [6.45, 7) is 1.26. The smallest absolute Gasteiger partial charge is 0.315 e. The quantitative estimate of drug-likeness (QED) is 0.808. The maximum Gasteiger partial charge on any atom is 0.315 e. The molecule has 0 saturated carbocycles. The molecule has 0 heterocycles. The van der Waals surface area contributed by atoms with Crippen LogP contribution in [0.25, 0.3) is 0 Å². The molecule has 0 aliphatic carbocycles. The molecule has 2 N–H and O–H groups in total. The molecule has 0 fully saturated rings. The van der Waals surface area contributed by atoms with Crippen LogP contribution in [0.15, 0.2) is 54.6 Å². The van der Waals surface area contributed by atoms with Gasteiger partial charge in [-0.2, -0.15) is 0 Å². The van der Waals surface area contributed by atoms with E-state index in [1.54, 1.807) is 0 Å². The molecule has 1 unspecified atom stereocenters. The Morgan fingerprint density at radius 1 is 1.04 bits per heavy atom. The highest BCUT2D eigenvalue weighted by atomic mass is 35.5. The SMILES string of the molecule is CN(C)CC(Cc1ccccc1)NC(=O)NCc1ccc(Cl)cc1. The van der Waals surface area contributed by atoms with Crippen LogP contribution in [0.3, 0.4) is 0 Å². The van der Waals surface area contributed by atoms with Crippen molar-refractivity contribution >= 4 is 17.6 Å². The van der Waals surface area contributed by atoms with Gasteiger partial charge in [-0.25, -0.2) is 4.79 Å². The first-order chi connectivity index (χ1) is 11.5. The second kappa shape index (κ2) is 9.30. The maximum absolute atomic E-state index is 12.2. The van der Waals surface area contributed by atoms with E-state index in [0.29, 0.717) is 11.6 Å². The molecule has 0 aliphatic rings. The first-order valence-corrected chi connectivity index (χ1v) is 8.38. The predicted octanol–water partition coefficient (Wildman–Crippen LogP) is 3.31. The van der Waals surface area contributed by atoms with E-state index in [4.69, 9.17) is 11.6 Å². The van der Waals surface area contributed by atoms with E-state index in [0.717, 1.165) is 18.5 Å². The number of benzene rings is 2. The maximum atomic E-state index is 12.2. The number of likely N-dealkylation sites (N-methyl/N-ethyl adjacent to an activating group) is 1. The fraction of sp³-hybridized carbons (Fsp3) is 0.316. The highest BCUT2D eigenvalue weighted by Crippen LogP contribution is 2.09. The van der Waals surface area contributed by atoms with Gasteiger partial charge in [0.1, 0.15) is 0 Å². The number of carbonyl (C=O) groups is 1. The number of halogens is 1. The molecule has 2 aromatic rings. The number of urea groups is 1.